The Morgan fingerprint density at radius 2 is 2.22 bits per heavy atom. The summed E-state index contributed by atoms with van der Waals surface area (Å²) in [5.74, 6) is 0. The van der Waals surface area contributed by atoms with E-state index in [1.54, 1.807) is 12.4 Å². The minimum absolute atomic E-state index is 0.0733. The highest BCUT2D eigenvalue weighted by atomic mass is 79.9. The lowest BCUT2D eigenvalue weighted by molar-refractivity contribution is 0.219. The van der Waals surface area contributed by atoms with Crippen molar-refractivity contribution in [3.8, 4) is 0 Å². The average molecular weight is 310 g/mol. The molecule has 0 spiro atoms. The summed E-state index contributed by atoms with van der Waals surface area (Å²) < 4.78 is 0.903. The SMILES string of the molecule is CCC(C)(CO)Nc1ccnc2cc(Br)cnc12. The van der Waals surface area contributed by atoms with Gasteiger partial charge in [-0.25, -0.2) is 0 Å². The van der Waals surface area contributed by atoms with Crippen molar-refractivity contribution >= 4 is 32.7 Å². The zero-order valence-corrected chi connectivity index (χ0v) is 12.0. The van der Waals surface area contributed by atoms with Crippen LogP contribution >= 0.6 is 15.9 Å². The Kier molecular flexibility index (Phi) is 3.82. The maximum atomic E-state index is 9.46. The molecule has 0 aliphatic heterocycles. The van der Waals surface area contributed by atoms with Gasteiger partial charge < -0.3 is 10.4 Å². The molecule has 96 valence electrons. The molecule has 1 atom stereocenters. The van der Waals surface area contributed by atoms with Crippen LogP contribution in [0.3, 0.4) is 0 Å². The third kappa shape index (κ3) is 2.62. The van der Waals surface area contributed by atoms with E-state index in [-0.39, 0.29) is 12.1 Å². The van der Waals surface area contributed by atoms with Crippen molar-refractivity contribution < 1.29 is 5.11 Å². The van der Waals surface area contributed by atoms with Gasteiger partial charge in [0.15, 0.2) is 0 Å². The molecule has 2 N–H and O–H groups in total. The van der Waals surface area contributed by atoms with E-state index in [0.717, 1.165) is 27.6 Å². The van der Waals surface area contributed by atoms with Gasteiger partial charge in [-0.1, -0.05) is 6.92 Å². The van der Waals surface area contributed by atoms with Gasteiger partial charge in [-0.15, -0.1) is 0 Å². The van der Waals surface area contributed by atoms with Crippen molar-refractivity contribution in [2.24, 2.45) is 0 Å². The third-order valence-corrected chi connectivity index (χ3v) is 3.54. The summed E-state index contributed by atoms with van der Waals surface area (Å²) >= 11 is 3.38. The predicted octanol–water partition coefficient (Wildman–Crippen LogP) is 2.97. The first-order chi connectivity index (χ1) is 8.58. The number of rotatable bonds is 4. The van der Waals surface area contributed by atoms with E-state index in [1.165, 1.54) is 0 Å². The topological polar surface area (TPSA) is 58.0 Å². The van der Waals surface area contributed by atoms with Crippen LogP contribution in [0.1, 0.15) is 20.3 Å². The number of halogens is 1. The molecule has 5 heteroatoms. The molecule has 2 heterocycles. The largest absolute Gasteiger partial charge is 0.394 e. The number of aromatic nitrogens is 2. The molecule has 0 aromatic carbocycles. The van der Waals surface area contributed by atoms with Crippen molar-refractivity contribution in [2.75, 3.05) is 11.9 Å². The first-order valence-corrected chi connectivity index (χ1v) is 6.66. The molecule has 1 unspecified atom stereocenters. The van der Waals surface area contributed by atoms with Crippen molar-refractivity contribution in [1.29, 1.82) is 0 Å². The van der Waals surface area contributed by atoms with Gasteiger partial charge in [0.2, 0.25) is 0 Å². The second kappa shape index (κ2) is 5.20. The van der Waals surface area contributed by atoms with Gasteiger partial charge in [-0.3, -0.25) is 9.97 Å². The number of aliphatic hydroxyl groups excluding tert-OH is 1. The fourth-order valence-electron chi connectivity index (χ4n) is 1.67. The van der Waals surface area contributed by atoms with Crippen molar-refractivity contribution in [1.82, 2.24) is 9.97 Å². The van der Waals surface area contributed by atoms with Gasteiger partial charge >= 0.3 is 0 Å². The number of pyridine rings is 2. The van der Waals surface area contributed by atoms with E-state index in [9.17, 15) is 5.11 Å². The molecular weight excluding hydrogens is 294 g/mol. The Hall–Kier alpha value is -1.20. The lowest BCUT2D eigenvalue weighted by Gasteiger charge is -2.28. The smallest absolute Gasteiger partial charge is 0.112 e. The number of nitrogens with zero attached hydrogens (tertiary/aromatic N) is 2. The van der Waals surface area contributed by atoms with Crippen LogP contribution < -0.4 is 5.32 Å². The molecule has 18 heavy (non-hydrogen) atoms. The molecule has 0 bridgehead atoms. The molecule has 0 saturated carbocycles. The van der Waals surface area contributed by atoms with Crippen LogP contribution in [-0.2, 0) is 0 Å². The summed E-state index contributed by atoms with van der Waals surface area (Å²) in [7, 11) is 0. The van der Waals surface area contributed by atoms with E-state index in [2.05, 4.69) is 31.2 Å². The van der Waals surface area contributed by atoms with Crippen LogP contribution in [-0.4, -0.2) is 27.2 Å². The minimum Gasteiger partial charge on any atom is -0.394 e. The maximum Gasteiger partial charge on any atom is 0.112 e. The van der Waals surface area contributed by atoms with Crippen LogP contribution in [0.15, 0.2) is 29.0 Å². The second-order valence-electron chi connectivity index (χ2n) is 4.58. The molecule has 2 rings (SSSR count). The highest BCUT2D eigenvalue weighted by molar-refractivity contribution is 9.10. The lowest BCUT2D eigenvalue weighted by atomic mass is 10.00. The van der Waals surface area contributed by atoms with E-state index in [4.69, 9.17) is 0 Å². The van der Waals surface area contributed by atoms with E-state index < -0.39 is 0 Å². The summed E-state index contributed by atoms with van der Waals surface area (Å²) in [5.41, 5.74) is 2.19. The molecule has 0 aliphatic carbocycles. The average Bonchev–Trinajstić information content (AvgIpc) is 2.38. The highest BCUT2D eigenvalue weighted by Gasteiger charge is 2.21. The Morgan fingerprint density at radius 1 is 1.44 bits per heavy atom. The van der Waals surface area contributed by atoms with E-state index >= 15 is 0 Å². The number of nitrogens with one attached hydrogen (secondary N) is 1. The summed E-state index contributed by atoms with van der Waals surface area (Å²) in [4.78, 5) is 8.67. The molecule has 0 saturated heterocycles. The number of fused-ring (bicyclic) bond motifs is 1. The molecule has 2 aromatic heterocycles. The van der Waals surface area contributed by atoms with Gasteiger partial charge in [0.05, 0.1) is 23.3 Å². The number of hydrogen-bond acceptors (Lipinski definition) is 4. The van der Waals surface area contributed by atoms with Gasteiger partial charge in [-0.2, -0.15) is 0 Å². The summed E-state index contributed by atoms with van der Waals surface area (Å²) in [6.45, 7) is 4.10. The lowest BCUT2D eigenvalue weighted by Crippen LogP contribution is -2.38. The zero-order chi connectivity index (χ0) is 13.2. The Morgan fingerprint density at radius 3 is 2.89 bits per heavy atom. The van der Waals surface area contributed by atoms with E-state index in [1.807, 2.05) is 26.0 Å². The first kappa shape index (κ1) is 13.2. The van der Waals surface area contributed by atoms with Crippen molar-refractivity contribution in [3.63, 3.8) is 0 Å². The van der Waals surface area contributed by atoms with E-state index in [0.29, 0.717) is 0 Å². The van der Waals surface area contributed by atoms with Gasteiger partial charge in [0.1, 0.15) is 5.52 Å². The molecule has 2 aromatic rings. The maximum absolute atomic E-state index is 9.46. The Balaban J connectivity index is 2.45. The summed E-state index contributed by atoms with van der Waals surface area (Å²) in [6, 6.07) is 3.81. The fraction of sp³-hybridized carbons (Fsp3) is 0.385. The van der Waals surface area contributed by atoms with Crippen LogP contribution in [0.5, 0.6) is 0 Å². The predicted molar refractivity (Wildman–Crippen MR) is 76.6 cm³/mol. The van der Waals surface area contributed by atoms with Crippen LogP contribution in [0, 0.1) is 0 Å². The standard InChI is InChI=1S/C13H16BrN3O/c1-3-13(2,8-18)17-10-4-5-15-11-6-9(14)7-16-12(10)11/h4-7,18H,3,8H2,1-2H3,(H,15,17). The second-order valence-corrected chi connectivity index (χ2v) is 5.49. The Labute approximate surface area is 115 Å². The zero-order valence-electron chi connectivity index (χ0n) is 10.4. The molecule has 4 nitrogen and oxygen atoms in total. The molecule has 0 radical (unpaired) electrons. The Bertz CT molecular complexity index is 555. The molecule has 0 fully saturated rings. The quantitative estimate of drug-likeness (QED) is 0.911. The summed E-state index contributed by atoms with van der Waals surface area (Å²) in [5, 5.41) is 12.8. The monoisotopic (exact) mass is 309 g/mol. The van der Waals surface area contributed by atoms with Crippen LogP contribution in [0.2, 0.25) is 0 Å². The minimum atomic E-state index is -0.344. The van der Waals surface area contributed by atoms with Gasteiger partial charge in [0, 0.05) is 16.9 Å². The van der Waals surface area contributed by atoms with Gasteiger partial charge in [-0.05, 0) is 41.4 Å². The molecule has 0 amide bonds. The number of aliphatic hydroxyl groups is 1. The first-order valence-electron chi connectivity index (χ1n) is 5.87. The van der Waals surface area contributed by atoms with Gasteiger partial charge in [0.25, 0.3) is 0 Å². The fourth-order valence-corrected chi connectivity index (χ4v) is 1.99. The number of anilines is 1. The summed E-state index contributed by atoms with van der Waals surface area (Å²) in [6.07, 6.45) is 4.31. The van der Waals surface area contributed by atoms with Crippen LogP contribution in [0.25, 0.3) is 11.0 Å². The number of hydrogen-bond donors (Lipinski definition) is 2. The van der Waals surface area contributed by atoms with Crippen molar-refractivity contribution in [3.05, 3.63) is 29.0 Å². The normalized spacial score (nSPS) is 14.4. The van der Waals surface area contributed by atoms with Crippen LogP contribution in [0.4, 0.5) is 5.69 Å². The molecule has 0 aliphatic rings. The molecular formula is C13H16BrN3O. The highest BCUT2D eigenvalue weighted by Crippen LogP contribution is 2.25. The van der Waals surface area contributed by atoms with Crippen molar-refractivity contribution in [2.45, 2.75) is 25.8 Å². The third-order valence-electron chi connectivity index (χ3n) is 3.11.